The van der Waals surface area contributed by atoms with E-state index in [0.717, 1.165) is 29.4 Å². The Balaban J connectivity index is 1.45. The molecule has 0 spiro atoms. The lowest BCUT2D eigenvalue weighted by Gasteiger charge is -2.07. The average molecular weight is 360 g/mol. The number of carbonyl (C=O) groups excluding carboxylic acids is 1. The topological polar surface area (TPSA) is 59.8 Å². The van der Waals surface area contributed by atoms with E-state index in [-0.39, 0.29) is 11.7 Å². The highest BCUT2D eigenvalue weighted by Crippen LogP contribution is 2.40. The summed E-state index contributed by atoms with van der Waals surface area (Å²) in [6, 6.07) is 6.31. The molecular formula is C18H21FN4OS. The number of rotatable bonds is 9. The zero-order chi connectivity index (χ0) is 17.6. The van der Waals surface area contributed by atoms with Crippen LogP contribution in [-0.2, 0) is 17.8 Å². The maximum atomic E-state index is 12.8. The van der Waals surface area contributed by atoms with E-state index < -0.39 is 0 Å². The Morgan fingerprint density at radius 2 is 2.12 bits per heavy atom. The van der Waals surface area contributed by atoms with Crippen molar-refractivity contribution >= 4 is 17.7 Å². The Labute approximate surface area is 150 Å². The van der Waals surface area contributed by atoms with Crippen LogP contribution in [0.4, 0.5) is 4.39 Å². The van der Waals surface area contributed by atoms with Gasteiger partial charge in [0.05, 0.1) is 5.75 Å². The summed E-state index contributed by atoms with van der Waals surface area (Å²) in [5.74, 6) is 1.50. The quantitative estimate of drug-likeness (QED) is 0.552. The van der Waals surface area contributed by atoms with Gasteiger partial charge in [0, 0.05) is 19.0 Å². The van der Waals surface area contributed by atoms with Gasteiger partial charge in [-0.25, -0.2) is 4.39 Å². The van der Waals surface area contributed by atoms with Gasteiger partial charge in [0.25, 0.3) is 0 Å². The lowest BCUT2D eigenvalue weighted by molar-refractivity contribution is -0.118. The fourth-order valence-electron chi connectivity index (χ4n) is 2.53. The number of thioether (sulfide) groups is 1. The summed E-state index contributed by atoms with van der Waals surface area (Å²) >= 11 is 1.39. The molecule has 0 unspecified atom stereocenters. The van der Waals surface area contributed by atoms with Gasteiger partial charge in [-0.15, -0.1) is 16.8 Å². The van der Waals surface area contributed by atoms with Crippen molar-refractivity contribution in [3.05, 3.63) is 54.1 Å². The van der Waals surface area contributed by atoms with Crippen LogP contribution in [0.2, 0.25) is 0 Å². The lowest BCUT2D eigenvalue weighted by atomic mass is 10.1. The predicted octanol–water partition coefficient (Wildman–Crippen LogP) is 2.93. The average Bonchev–Trinajstić information content (AvgIpc) is 3.37. The predicted molar refractivity (Wildman–Crippen MR) is 96.0 cm³/mol. The van der Waals surface area contributed by atoms with Gasteiger partial charge in [-0.05, 0) is 37.0 Å². The number of hydrogen-bond acceptors (Lipinski definition) is 4. The van der Waals surface area contributed by atoms with Gasteiger partial charge >= 0.3 is 0 Å². The molecule has 1 aliphatic carbocycles. The number of nitrogens with one attached hydrogen (secondary N) is 1. The van der Waals surface area contributed by atoms with E-state index in [2.05, 4.69) is 22.1 Å². The molecule has 0 bridgehead atoms. The van der Waals surface area contributed by atoms with Gasteiger partial charge in [-0.2, -0.15) is 0 Å². The summed E-state index contributed by atoms with van der Waals surface area (Å²) in [6.07, 6.45) is 4.81. The molecule has 2 aromatic rings. The molecule has 1 saturated carbocycles. The van der Waals surface area contributed by atoms with E-state index in [1.54, 1.807) is 12.1 Å². The Morgan fingerprint density at radius 3 is 2.80 bits per heavy atom. The lowest BCUT2D eigenvalue weighted by Crippen LogP contribution is -2.27. The SMILES string of the molecule is C=CCn1c(SCC(=O)NCCc2ccc(F)cc2)nnc1C1CC1. The van der Waals surface area contributed by atoms with Crippen molar-refractivity contribution in [1.29, 1.82) is 0 Å². The molecule has 0 radical (unpaired) electrons. The number of allylic oxidation sites excluding steroid dienone is 1. The molecule has 3 rings (SSSR count). The van der Waals surface area contributed by atoms with Crippen LogP contribution in [0.15, 0.2) is 42.1 Å². The molecule has 0 aliphatic heterocycles. The van der Waals surface area contributed by atoms with Crippen LogP contribution in [-0.4, -0.2) is 33.0 Å². The number of hydrogen-bond donors (Lipinski definition) is 1. The van der Waals surface area contributed by atoms with Crippen LogP contribution < -0.4 is 5.32 Å². The Hall–Kier alpha value is -2.15. The summed E-state index contributed by atoms with van der Waals surface area (Å²) in [5, 5.41) is 12.1. The van der Waals surface area contributed by atoms with Gasteiger partial charge in [-0.3, -0.25) is 4.79 Å². The molecule has 1 aromatic carbocycles. The molecule has 1 amide bonds. The minimum absolute atomic E-state index is 0.0479. The highest BCUT2D eigenvalue weighted by molar-refractivity contribution is 7.99. The molecule has 1 aromatic heterocycles. The van der Waals surface area contributed by atoms with Crippen molar-refractivity contribution in [2.75, 3.05) is 12.3 Å². The molecular weight excluding hydrogens is 339 g/mol. The van der Waals surface area contributed by atoms with Crippen molar-refractivity contribution in [3.8, 4) is 0 Å². The number of carbonyl (C=O) groups is 1. The summed E-state index contributed by atoms with van der Waals surface area (Å²) in [7, 11) is 0. The Kier molecular flexibility index (Phi) is 5.86. The zero-order valence-electron chi connectivity index (χ0n) is 13.9. The normalized spacial score (nSPS) is 13.6. The number of halogens is 1. The Bertz CT molecular complexity index is 740. The maximum Gasteiger partial charge on any atom is 0.230 e. The molecule has 1 aliphatic rings. The smallest absolute Gasteiger partial charge is 0.230 e. The van der Waals surface area contributed by atoms with E-state index in [9.17, 15) is 9.18 Å². The molecule has 0 atom stereocenters. The first-order chi connectivity index (χ1) is 12.2. The van der Waals surface area contributed by atoms with Gasteiger partial charge < -0.3 is 9.88 Å². The van der Waals surface area contributed by atoms with E-state index >= 15 is 0 Å². The highest BCUT2D eigenvalue weighted by Gasteiger charge is 2.30. The fourth-order valence-corrected chi connectivity index (χ4v) is 3.31. The van der Waals surface area contributed by atoms with E-state index in [1.165, 1.54) is 23.9 Å². The summed E-state index contributed by atoms with van der Waals surface area (Å²) < 4.78 is 14.9. The van der Waals surface area contributed by atoms with Crippen LogP contribution in [0.5, 0.6) is 0 Å². The number of aromatic nitrogens is 3. The standard InChI is InChI=1S/C18H21FN4OS/c1-2-11-23-17(14-5-6-14)21-22-18(23)25-12-16(24)20-10-9-13-3-7-15(19)8-4-13/h2-4,7-8,14H,1,5-6,9-12H2,(H,20,24). The van der Waals surface area contributed by atoms with Crippen molar-refractivity contribution in [2.24, 2.45) is 0 Å². The van der Waals surface area contributed by atoms with Crippen LogP contribution in [0.1, 0.15) is 30.1 Å². The van der Waals surface area contributed by atoms with Crippen molar-refractivity contribution < 1.29 is 9.18 Å². The number of benzene rings is 1. The van der Waals surface area contributed by atoms with E-state index in [1.807, 2.05) is 10.6 Å². The molecule has 7 heteroatoms. The van der Waals surface area contributed by atoms with Crippen molar-refractivity contribution in [3.63, 3.8) is 0 Å². The van der Waals surface area contributed by atoms with Gasteiger partial charge in [-0.1, -0.05) is 30.0 Å². The minimum atomic E-state index is -0.251. The third kappa shape index (κ3) is 4.92. The second-order valence-corrected chi connectivity index (χ2v) is 6.97. The molecule has 0 saturated heterocycles. The van der Waals surface area contributed by atoms with Crippen LogP contribution in [0.3, 0.4) is 0 Å². The van der Waals surface area contributed by atoms with Crippen molar-refractivity contribution in [2.45, 2.75) is 36.9 Å². The molecule has 1 heterocycles. The maximum absolute atomic E-state index is 12.8. The first-order valence-electron chi connectivity index (χ1n) is 8.35. The van der Waals surface area contributed by atoms with E-state index in [4.69, 9.17) is 0 Å². The van der Waals surface area contributed by atoms with Gasteiger partial charge in [0.15, 0.2) is 5.16 Å². The largest absolute Gasteiger partial charge is 0.355 e. The summed E-state index contributed by atoms with van der Waals surface area (Å²) in [4.78, 5) is 12.0. The summed E-state index contributed by atoms with van der Waals surface area (Å²) in [5.41, 5.74) is 0.995. The minimum Gasteiger partial charge on any atom is -0.355 e. The second kappa shape index (κ2) is 8.29. The molecule has 1 N–H and O–H groups in total. The molecule has 25 heavy (non-hydrogen) atoms. The van der Waals surface area contributed by atoms with Gasteiger partial charge in [0.1, 0.15) is 11.6 Å². The van der Waals surface area contributed by atoms with Crippen molar-refractivity contribution in [1.82, 2.24) is 20.1 Å². The third-order valence-electron chi connectivity index (χ3n) is 3.98. The third-order valence-corrected chi connectivity index (χ3v) is 4.95. The monoisotopic (exact) mass is 360 g/mol. The highest BCUT2D eigenvalue weighted by atomic mass is 32.2. The van der Waals surface area contributed by atoms with Gasteiger partial charge in [0.2, 0.25) is 5.91 Å². The molecule has 132 valence electrons. The fraction of sp³-hybridized carbons (Fsp3) is 0.389. The van der Waals surface area contributed by atoms with E-state index in [0.29, 0.717) is 31.2 Å². The van der Waals surface area contributed by atoms with Crippen LogP contribution >= 0.6 is 11.8 Å². The molecule has 1 fully saturated rings. The first kappa shape index (κ1) is 17.7. The summed E-state index contributed by atoms with van der Waals surface area (Å²) in [6.45, 7) is 4.96. The molecule has 5 nitrogen and oxygen atoms in total. The zero-order valence-corrected chi connectivity index (χ0v) is 14.8. The second-order valence-electron chi connectivity index (χ2n) is 6.03. The first-order valence-corrected chi connectivity index (χ1v) is 9.34. The Morgan fingerprint density at radius 1 is 1.36 bits per heavy atom. The van der Waals surface area contributed by atoms with Crippen LogP contribution in [0, 0.1) is 5.82 Å². The van der Waals surface area contributed by atoms with Crippen LogP contribution in [0.25, 0.3) is 0 Å². The number of amides is 1. The number of nitrogens with zero attached hydrogens (tertiary/aromatic N) is 3.